The molecule has 0 saturated carbocycles. The van der Waals surface area contributed by atoms with E-state index in [4.69, 9.17) is 0 Å². The number of anilines is 1. The average molecular weight is 487 g/mol. The molecule has 0 spiro atoms. The number of Topliss-reactive ketones (excluding diaryl/α,β-unsaturated/α-hetero) is 1. The molecular formula is C31H22N2O4. The highest BCUT2D eigenvalue weighted by Crippen LogP contribution is 2.46. The number of hydrogen-bond donors (Lipinski definition) is 0. The summed E-state index contributed by atoms with van der Waals surface area (Å²) in [6, 6.07) is 29.0. The maximum atomic E-state index is 13.7. The zero-order valence-corrected chi connectivity index (χ0v) is 20.0. The lowest BCUT2D eigenvalue weighted by atomic mass is 10.0. The Hall–Kier alpha value is -4.84. The van der Waals surface area contributed by atoms with E-state index in [-0.39, 0.29) is 28.4 Å². The second-order valence-corrected chi connectivity index (χ2v) is 9.29. The lowest BCUT2D eigenvalue weighted by molar-refractivity contribution is 0.0833. The van der Waals surface area contributed by atoms with E-state index >= 15 is 0 Å². The number of aryl methyl sites for hydroxylation is 1. The first-order valence-corrected chi connectivity index (χ1v) is 12.0. The normalized spacial score (nSPS) is 18.1. The van der Waals surface area contributed by atoms with Gasteiger partial charge < -0.3 is 4.90 Å². The van der Waals surface area contributed by atoms with Crippen molar-refractivity contribution in [2.24, 2.45) is 0 Å². The zero-order chi connectivity index (χ0) is 25.7. The summed E-state index contributed by atoms with van der Waals surface area (Å²) in [5, 5.41) is 0. The van der Waals surface area contributed by atoms with Crippen molar-refractivity contribution in [1.82, 2.24) is 4.90 Å². The fraction of sp³-hybridized carbons (Fsp3) is 0.0968. The minimum atomic E-state index is -0.647. The van der Waals surface area contributed by atoms with Gasteiger partial charge in [-0.15, -0.1) is 0 Å². The monoisotopic (exact) mass is 486 g/mol. The van der Waals surface area contributed by atoms with Gasteiger partial charge in [-0.3, -0.25) is 19.2 Å². The maximum absolute atomic E-state index is 13.7. The Morgan fingerprint density at radius 2 is 1.35 bits per heavy atom. The van der Waals surface area contributed by atoms with Crippen molar-refractivity contribution in [3.8, 4) is 0 Å². The van der Waals surface area contributed by atoms with Gasteiger partial charge in [0.25, 0.3) is 17.7 Å². The molecule has 1 fully saturated rings. The lowest BCUT2D eigenvalue weighted by Crippen LogP contribution is -2.29. The van der Waals surface area contributed by atoms with Crippen LogP contribution in [0.3, 0.4) is 0 Å². The van der Waals surface area contributed by atoms with Crippen molar-refractivity contribution in [3.05, 3.63) is 137 Å². The third kappa shape index (κ3) is 3.74. The molecule has 0 radical (unpaired) electrons. The van der Waals surface area contributed by atoms with Gasteiger partial charge in [-0.1, -0.05) is 72.8 Å². The van der Waals surface area contributed by atoms with Crippen LogP contribution in [-0.4, -0.2) is 34.4 Å². The minimum absolute atomic E-state index is 0.138. The smallest absolute Gasteiger partial charge is 0.266 e. The summed E-state index contributed by atoms with van der Waals surface area (Å²) in [5.74, 6) is -1.39. The third-order valence-electron chi connectivity index (χ3n) is 6.90. The van der Waals surface area contributed by atoms with Crippen LogP contribution in [0.2, 0.25) is 0 Å². The molecule has 0 aromatic heterocycles. The van der Waals surface area contributed by atoms with E-state index in [1.54, 1.807) is 53.4 Å². The molecule has 4 aromatic rings. The number of benzene rings is 4. The van der Waals surface area contributed by atoms with Gasteiger partial charge in [0.15, 0.2) is 5.78 Å². The Bertz CT molecular complexity index is 1580. The SMILES string of the molecule is Cc1cccc(N2C(=O)c3ccc(C(=O)N4[C@H](C(=O)c5ccccc5)[C@@H]4c4ccccc4)cc3C2=O)c1. The number of amides is 3. The van der Waals surface area contributed by atoms with E-state index in [2.05, 4.69) is 0 Å². The Labute approximate surface area is 213 Å². The van der Waals surface area contributed by atoms with E-state index in [1.165, 1.54) is 12.1 Å². The molecule has 2 aliphatic rings. The summed E-state index contributed by atoms with van der Waals surface area (Å²) < 4.78 is 0. The molecule has 0 N–H and O–H groups in total. The summed E-state index contributed by atoms with van der Waals surface area (Å²) in [6.45, 7) is 1.89. The quantitative estimate of drug-likeness (QED) is 0.220. The lowest BCUT2D eigenvalue weighted by Gasteiger charge is -2.14. The molecule has 0 bridgehead atoms. The first-order chi connectivity index (χ1) is 18.0. The molecule has 6 heteroatoms. The summed E-state index contributed by atoms with van der Waals surface area (Å²) in [7, 11) is 0. The highest BCUT2D eigenvalue weighted by atomic mass is 16.2. The number of carbonyl (C=O) groups excluding carboxylic acids is 4. The van der Waals surface area contributed by atoms with E-state index in [0.717, 1.165) is 16.0 Å². The highest BCUT2D eigenvalue weighted by molar-refractivity contribution is 6.34. The van der Waals surface area contributed by atoms with Crippen molar-refractivity contribution in [3.63, 3.8) is 0 Å². The largest absolute Gasteiger partial charge is 0.316 e. The number of rotatable bonds is 5. The van der Waals surface area contributed by atoms with Crippen LogP contribution in [0.15, 0.2) is 103 Å². The van der Waals surface area contributed by atoms with Crippen molar-refractivity contribution >= 4 is 29.2 Å². The van der Waals surface area contributed by atoms with Gasteiger partial charge in [0.05, 0.1) is 22.9 Å². The van der Waals surface area contributed by atoms with Crippen LogP contribution in [0.25, 0.3) is 0 Å². The van der Waals surface area contributed by atoms with Crippen molar-refractivity contribution < 1.29 is 19.2 Å². The third-order valence-corrected chi connectivity index (χ3v) is 6.90. The number of imide groups is 1. The Balaban J connectivity index is 1.33. The second kappa shape index (κ2) is 8.68. The summed E-state index contributed by atoms with van der Waals surface area (Å²) in [4.78, 5) is 56.0. The molecule has 3 amide bonds. The molecule has 4 aromatic carbocycles. The van der Waals surface area contributed by atoms with Gasteiger partial charge in [-0.2, -0.15) is 0 Å². The molecular weight excluding hydrogens is 464 g/mol. The number of carbonyl (C=O) groups is 4. The molecule has 6 nitrogen and oxygen atoms in total. The van der Waals surface area contributed by atoms with Crippen molar-refractivity contribution in [1.29, 1.82) is 0 Å². The number of fused-ring (bicyclic) bond motifs is 1. The summed E-state index contributed by atoms with van der Waals surface area (Å²) in [6.07, 6.45) is 0. The maximum Gasteiger partial charge on any atom is 0.266 e. The molecule has 37 heavy (non-hydrogen) atoms. The molecule has 2 aliphatic heterocycles. The second-order valence-electron chi connectivity index (χ2n) is 9.29. The van der Waals surface area contributed by atoms with Crippen LogP contribution in [-0.2, 0) is 0 Å². The standard InChI is InChI=1S/C31H22N2O4/c1-19-9-8-14-23(17-19)32-30(36)24-16-15-22(18-25(24)31(32)37)29(35)33-26(20-10-4-2-5-11-20)27(33)28(34)21-12-6-3-7-13-21/h2-18,26-27H,1H3/t26-,27-,33?/m0/s1. The van der Waals surface area contributed by atoms with Crippen LogP contribution < -0.4 is 4.90 Å². The molecule has 0 unspecified atom stereocenters. The molecule has 1 saturated heterocycles. The topological polar surface area (TPSA) is 74.5 Å². The summed E-state index contributed by atoms with van der Waals surface area (Å²) in [5.41, 5.74) is 3.51. The number of hydrogen-bond acceptors (Lipinski definition) is 4. The molecule has 2 heterocycles. The highest BCUT2D eigenvalue weighted by Gasteiger charge is 2.56. The van der Waals surface area contributed by atoms with Crippen LogP contribution in [0, 0.1) is 6.92 Å². The Morgan fingerprint density at radius 3 is 2.05 bits per heavy atom. The van der Waals surface area contributed by atoms with Gasteiger partial charge in [-0.25, -0.2) is 4.90 Å². The predicted octanol–water partition coefficient (Wildman–Crippen LogP) is 5.24. The first kappa shape index (κ1) is 22.6. The fourth-order valence-electron chi connectivity index (χ4n) is 5.04. The van der Waals surface area contributed by atoms with Crippen LogP contribution in [0.5, 0.6) is 0 Å². The number of ketones is 1. The van der Waals surface area contributed by atoms with E-state index in [1.807, 2.05) is 49.4 Å². The van der Waals surface area contributed by atoms with Gasteiger partial charge in [0, 0.05) is 11.1 Å². The van der Waals surface area contributed by atoms with Crippen LogP contribution >= 0.6 is 0 Å². The van der Waals surface area contributed by atoms with E-state index in [9.17, 15) is 19.2 Å². The molecule has 6 rings (SSSR count). The predicted molar refractivity (Wildman–Crippen MR) is 139 cm³/mol. The van der Waals surface area contributed by atoms with Gasteiger partial charge in [0.2, 0.25) is 0 Å². The minimum Gasteiger partial charge on any atom is -0.316 e. The van der Waals surface area contributed by atoms with Crippen LogP contribution in [0.1, 0.15) is 58.6 Å². The molecule has 2 atom stereocenters. The molecule has 180 valence electrons. The fourth-order valence-corrected chi connectivity index (χ4v) is 5.04. The zero-order valence-electron chi connectivity index (χ0n) is 20.0. The van der Waals surface area contributed by atoms with Crippen LogP contribution in [0.4, 0.5) is 5.69 Å². The Morgan fingerprint density at radius 1 is 0.676 bits per heavy atom. The Kier molecular flexibility index (Phi) is 5.30. The van der Waals surface area contributed by atoms with Gasteiger partial charge in [0.1, 0.15) is 6.04 Å². The van der Waals surface area contributed by atoms with Gasteiger partial charge in [-0.05, 0) is 48.4 Å². The van der Waals surface area contributed by atoms with E-state index in [0.29, 0.717) is 11.3 Å². The van der Waals surface area contributed by atoms with E-state index < -0.39 is 23.9 Å². The first-order valence-electron chi connectivity index (χ1n) is 12.0. The van der Waals surface area contributed by atoms with Crippen molar-refractivity contribution in [2.45, 2.75) is 19.0 Å². The van der Waals surface area contributed by atoms with Crippen molar-refractivity contribution in [2.75, 3.05) is 4.90 Å². The van der Waals surface area contributed by atoms with Gasteiger partial charge >= 0.3 is 0 Å². The molecule has 0 aliphatic carbocycles. The summed E-state index contributed by atoms with van der Waals surface area (Å²) >= 11 is 0. The average Bonchev–Trinajstić information content (AvgIpc) is 3.63. The number of nitrogens with zero attached hydrogens (tertiary/aromatic N) is 2.